The monoisotopic (exact) mass is 312 g/mol. The molecule has 0 atom stereocenters. The molecule has 0 fully saturated rings. The van der Waals surface area contributed by atoms with Crippen LogP contribution in [0.4, 0.5) is 11.4 Å². The molecule has 0 saturated carbocycles. The summed E-state index contributed by atoms with van der Waals surface area (Å²) in [7, 11) is -3.64. The largest absolute Gasteiger partial charge is 0.399 e. The molecule has 0 bridgehead atoms. The fourth-order valence-electron chi connectivity index (χ4n) is 1.52. The number of nitrogens with zero attached hydrogens (tertiary/aromatic N) is 1. The fourth-order valence-corrected chi connectivity index (χ4v) is 3.45. The van der Waals surface area contributed by atoms with Crippen molar-refractivity contribution in [2.45, 2.75) is 29.0 Å². The van der Waals surface area contributed by atoms with Gasteiger partial charge in [-0.2, -0.15) is 5.10 Å². The zero-order chi connectivity index (χ0) is 14.8. The van der Waals surface area contributed by atoms with Gasteiger partial charge in [0.05, 0.1) is 11.1 Å². The lowest BCUT2D eigenvalue weighted by Crippen LogP contribution is -2.13. The van der Waals surface area contributed by atoms with Crippen molar-refractivity contribution < 1.29 is 8.42 Å². The van der Waals surface area contributed by atoms with E-state index in [4.69, 9.17) is 5.73 Å². The molecule has 0 amide bonds. The van der Waals surface area contributed by atoms with E-state index >= 15 is 0 Å². The van der Waals surface area contributed by atoms with Gasteiger partial charge in [-0.15, -0.1) is 11.8 Å². The second-order valence-electron chi connectivity index (χ2n) is 4.45. The maximum Gasteiger partial charge on any atom is 0.262 e. The molecule has 2 aromatic rings. The molecule has 6 nitrogen and oxygen atoms in total. The van der Waals surface area contributed by atoms with Crippen LogP contribution in [0.2, 0.25) is 0 Å². The van der Waals surface area contributed by atoms with Crippen molar-refractivity contribution in [3.63, 3.8) is 0 Å². The van der Waals surface area contributed by atoms with Gasteiger partial charge in [-0.3, -0.25) is 9.82 Å². The molecule has 108 valence electrons. The van der Waals surface area contributed by atoms with Crippen molar-refractivity contribution in [3.05, 3.63) is 30.5 Å². The minimum Gasteiger partial charge on any atom is -0.399 e. The molecule has 0 aliphatic heterocycles. The fraction of sp³-hybridized carbons (Fsp3) is 0.250. The van der Waals surface area contributed by atoms with E-state index in [1.807, 2.05) is 13.8 Å². The van der Waals surface area contributed by atoms with Gasteiger partial charge in [0.2, 0.25) is 0 Å². The van der Waals surface area contributed by atoms with Crippen molar-refractivity contribution >= 4 is 33.2 Å². The zero-order valence-electron chi connectivity index (χ0n) is 11.1. The lowest BCUT2D eigenvalue weighted by Gasteiger charge is -2.09. The van der Waals surface area contributed by atoms with Gasteiger partial charge in [-0.05, 0) is 24.3 Å². The van der Waals surface area contributed by atoms with E-state index in [2.05, 4.69) is 14.9 Å². The number of nitrogen functional groups attached to an aromatic ring is 1. The van der Waals surface area contributed by atoms with Gasteiger partial charge >= 0.3 is 0 Å². The Kier molecular flexibility index (Phi) is 4.24. The van der Waals surface area contributed by atoms with Crippen LogP contribution in [-0.4, -0.2) is 23.9 Å². The highest BCUT2D eigenvalue weighted by Gasteiger charge is 2.17. The summed E-state index contributed by atoms with van der Waals surface area (Å²) in [5.41, 5.74) is 6.51. The summed E-state index contributed by atoms with van der Waals surface area (Å²) >= 11 is 1.51. The highest BCUT2D eigenvalue weighted by Crippen LogP contribution is 2.29. The van der Waals surface area contributed by atoms with Crippen LogP contribution in [0.1, 0.15) is 13.8 Å². The highest BCUT2D eigenvalue weighted by molar-refractivity contribution is 8.00. The van der Waals surface area contributed by atoms with Crippen LogP contribution < -0.4 is 10.5 Å². The lowest BCUT2D eigenvalue weighted by molar-refractivity contribution is 0.601. The summed E-state index contributed by atoms with van der Waals surface area (Å²) in [6.07, 6.45) is 1.46. The summed E-state index contributed by atoms with van der Waals surface area (Å²) in [6.45, 7) is 4.04. The third kappa shape index (κ3) is 3.45. The average molecular weight is 312 g/mol. The van der Waals surface area contributed by atoms with Gasteiger partial charge in [-0.25, -0.2) is 8.42 Å². The summed E-state index contributed by atoms with van der Waals surface area (Å²) in [5.74, 6) is 0. The Morgan fingerprint density at radius 2 is 1.95 bits per heavy atom. The van der Waals surface area contributed by atoms with E-state index in [1.54, 1.807) is 12.1 Å². The number of nitrogens with one attached hydrogen (secondary N) is 2. The van der Waals surface area contributed by atoms with Crippen LogP contribution in [0.5, 0.6) is 0 Å². The van der Waals surface area contributed by atoms with Gasteiger partial charge in [-0.1, -0.05) is 13.8 Å². The first-order valence-corrected chi connectivity index (χ1v) is 8.33. The van der Waals surface area contributed by atoms with E-state index < -0.39 is 10.0 Å². The summed E-state index contributed by atoms with van der Waals surface area (Å²) in [4.78, 5) is 0.161. The molecule has 0 spiro atoms. The minimum atomic E-state index is -3.64. The third-order valence-corrected chi connectivity index (χ3v) is 4.79. The first-order chi connectivity index (χ1) is 9.38. The number of sulfonamides is 1. The standard InChI is InChI=1S/C12H16N4O2S2/c1-8(2)19-12-11(7-14-15-12)16-20(17,18)10-5-3-9(13)4-6-10/h3-8,16H,13H2,1-2H3,(H,14,15). The second-order valence-corrected chi connectivity index (χ2v) is 7.72. The van der Waals surface area contributed by atoms with Gasteiger partial charge < -0.3 is 5.73 Å². The minimum absolute atomic E-state index is 0.161. The molecule has 0 aliphatic rings. The Morgan fingerprint density at radius 3 is 2.55 bits per heavy atom. The van der Waals surface area contributed by atoms with Gasteiger partial charge in [0, 0.05) is 10.9 Å². The topological polar surface area (TPSA) is 101 Å². The van der Waals surface area contributed by atoms with Crippen LogP contribution in [0.25, 0.3) is 0 Å². The summed E-state index contributed by atoms with van der Waals surface area (Å²) in [6, 6.07) is 6.03. The van der Waals surface area contributed by atoms with Crippen LogP contribution in [-0.2, 0) is 10.0 Å². The maximum absolute atomic E-state index is 12.2. The normalized spacial score (nSPS) is 11.8. The number of aromatic nitrogens is 2. The number of aromatic amines is 1. The number of anilines is 2. The van der Waals surface area contributed by atoms with E-state index in [0.29, 0.717) is 21.7 Å². The Labute approximate surface area is 122 Å². The van der Waals surface area contributed by atoms with E-state index in [1.165, 1.54) is 30.1 Å². The Morgan fingerprint density at radius 1 is 1.30 bits per heavy atom. The molecule has 0 unspecified atom stereocenters. The van der Waals surface area contributed by atoms with Crippen molar-refractivity contribution in [2.24, 2.45) is 0 Å². The highest BCUT2D eigenvalue weighted by atomic mass is 32.2. The number of rotatable bonds is 5. The molecule has 1 heterocycles. The van der Waals surface area contributed by atoms with E-state index in [9.17, 15) is 8.42 Å². The van der Waals surface area contributed by atoms with Gasteiger partial charge in [0.25, 0.3) is 10.0 Å². The van der Waals surface area contributed by atoms with Crippen molar-refractivity contribution in [1.82, 2.24) is 10.2 Å². The predicted molar refractivity (Wildman–Crippen MR) is 81.2 cm³/mol. The molecule has 1 aromatic heterocycles. The third-order valence-electron chi connectivity index (χ3n) is 2.39. The van der Waals surface area contributed by atoms with Crippen LogP contribution >= 0.6 is 11.8 Å². The molecule has 0 saturated heterocycles. The number of benzene rings is 1. The molecule has 0 radical (unpaired) electrons. The Hall–Kier alpha value is -1.67. The number of H-pyrrole nitrogens is 1. The Bertz CT molecular complexity index is 678. The Balaban J connectivity index is 2.24. The maximum atomic E-state index is 12.2. The van der Waals surface area contributed by atoms with E-state index in [-0.39, 0.29) is 4.90 Å². The molecular formula is C12H16N4O2S2. The number of hydrogen-bond donors (Lipinski definition) is 3. The quantitative estimate of drug-likeness (QED) is 0.581. The molecule has 20 heavy (non-hydrogen) atoms. The predicted octanol–water partition coefficient (Wildman–Crippen LogP) is 2.29. The number of nitrogens with two attached hydrogens (primary N) is 1. The van der Waals surface area contributed by atoms with Crippen molar-refractivity contribution in [1.29, 1.82) is 0 Å². The van der Waals surface area contributed by atoms with E-state index in [0.717, 1.165) is 0 Å². The summed E-state index contributed by atoms with van der Waals surface area (Å²) < 4.78 is 27.0. The zero-order valence-corrected chi connectivity index (χ0v) is 12.8. The molecule has 1 aromatic carbocycles. The molecule has 2 rings (SSSR count). The van der Waals surface area contributed by atoms with Crippen LogP contribution in [0.15, 0.2) is 40.4 Å². The molecular weight excluding hydrogens is 296 g/mol. The van der Waals surface area contributed by atoms with Crippen molar-refractivity contribution in [3.8, 4) is 0 Å². The molecule has 4 N–H and O–H groups in total. The number of thioether (sulfide) groups is 1. The number of hydrogen-bond acceptors (Lipinski definition) is 5. The summed E-state index contributed by atoms with van der Waals surface area (Å²) in [5, 5.41) is 7.67. The van der Waals surface area contributed by atoms with Gasteiger partial charge in [0.15, 0.2) is 0 Å². The first kappa shape index (κ1) is 14.7. The smallest absolute Gasteiger partial charge is 0.262 e. The first-order valence-electron chi connectivity index (χ1n) is 5.97. The van der Waals surface area contributed by atoms with Crippen molar-refractivity contribution in [2.75, 3.05) is 10.5 Å². The van der Waals surface area contributed by atoms with Crippen LogP contribution in [0, 0.1) is 0 Å². The molecule has 0 aliphatic carbocycles. The lowest BCUT2D eigenvalue weighted by atomic mass is 10.3. The van der Waals surface area contributed by atoms with Crippen LogP contribution in [0.3, 0.4) is 0 Å². The SMILES string of the molecule is CC(C)Sc1[nH]ncc1NS(=O)(=O)c1ccc(N)cc1. The molecule has 8 heteroatoms. The van der Waals surface area contributed by atoms with Gasteiger partial charge in [0.1, 0.15) is 10.7 Å². The second kappa shape index (κ2) is 5.76. The average Bonchev–Trinajstić information content (AvgIpc) is 2.75.